The summed E-state index contributed by atoms with van der Waals surface area (Å²) in [4.78, 5) is 0. The number of hydrogen-bond donors (Lipinski definition) is 1. The standard InChI is InChI=1S/C17H28FN/c1-5-6-7-10-17(3,4)13-19-12-15-8-9-16(18)14(2)11-15/h8-9,11,19H,5-7,10,12-13H2,1-4H3. The number of halogens is 1. The van der Waals surface area contributed by atoms with Gasteiger partial charge in [0.2, 0.25) is 0 Å². The minimum Gasteiger partial charge on any atom is -0.312 e. The van der Waals surface area contributed by atoms with Crippen LogP contribution in [-0.2, 0) is 6.54 Å². The van der Waals surface area contributed by atoms with Crippen LogP contribution < -0.4 is 5.32 Å². The first-order chi connectivity index (χ1) is 8.94. The molecule has 0 aromatic heterocycles. The molecule has 0 spiro atoms. The highest BCUT2D eigenvalue weighted by Gasteiger charge is 2.16. The lowest BCUT2D eigenvalue weighted by Crippen LogP contribution is -2.29. The fourth-order valence-corrected chi connectivity index (χ4v) is 2.30. The van der Waals surface area contributed by atoms with Gasteiger partial charge < -0.3 is 5.32 Å². The highest BCUT2D eigenvalue weighted by molar-refractivity contribution is 5.23. The molecule has 1 nitrogen and oxygen atoms in total. The Labute approximate surface area is 117 Å². The molecule has 1 aromatic carbocycles. The van der Waals surface area contributed by atoms with Crippen molar-refractivity contribution < 1.29 is 4.39 Å². The minimum absolute atomic E-state index is 0.122. The second-order valence-corrected chi connectivity index (χ2v) is 6.31. The molecule has 108 valence electrons. The van der Waals surface area contributed by atoms with Crippen molar-refractivity contribution in [3.63, 3.8) is 0 Å². The number of rotatable bonds is 8. The molecule has 2 heteroatoms. The molecular weight excluding hydrogens is 237 g/mol. The maximum atomic E-state index is 13.2. The molecule has 0 saturated heterocycles. The van der Waals surface area contributed by atoms with E-state index in [1.807, 2.05) is 19.1 Å². The van der Waals surface area contributed by atoms with Crippen LogP contribution in [0, 0.1) is 18.2 Å². The van der Waals surface area contributed by atoms with E-state index in [2.05, 4.69) is 26.1 Å². The number of aryl methyl sites for hydroxylation is 1. The molecule has 0 fully saturated rings. The number of benzene rings is 1. The molecule has 1 rings (SSSR count). The van der Waals surface area contributed by atoms with Crippen LogP contribution in [0.3, 0.4) is 0 Å². The van der Waals surface area contributed by atoms with Gasteiger partial charge in [-0.1, -0.05) is 52.2 Å². The van der Waals surface area contributed by atoms with Gasteiger partial charge in [0.05, 0.1) is 0 Å². The summed E-state index contributed by atoms with van der Waals surface area (Å²) in [5, 5.41) is 3.49. The zero-order chi connectivity index (χ0) is 14.3. The molecule has 0 heterocycles. The summed E-state index contributed by atoms with van der Waals surface area (Å²) in [7, 11) is 0. The largest absolute Gasteiger partial charge is 0.312 e. The summed E-state index contributed by atoms with van der Waals surface area (Å²) in [5.41, 5.74) is 2.22. The van der Waals surface area contributed by atoms with Crippen molar-refractivity contribution in [2.24, 2.45) is 5.41 Å². The summed E-state index contributed by atoms with van der Waals surface area (Å²) < 4.78 is 13.2. The topological polar surface area (TPSA) is 12.0 Å². The van der Waals surface area contributed by atoms with E-state index in [4.69, 9.17) is 0 Å². The maximum absolute atomic E-state index is 13.2. The van der Waals surface area contributed by atoms with Gasteiger partial charge in [-0.15, -0.1) is 0 Å². The van der Waals surface area contributed by atoms with Crippen molar-refractivity contribution >= 4 is 0 Å². The molecule has 0 radical (unpaired) electrons. The van der Waals surface area contributed by atoms with E-state index in [-0.39, 0.29) is 5.82 Å². The number of hydrogen-bond acceptors (Lipinski definition) is 1. The molecule has 0 amide bonds. The SMILES string of the molecule is CCCCCC(C)(C)CNCc1ccc(F)c(C)c1. The Balaban J connectivity index is 2.34. The lowest BCUT2D eigenvalue weighted by atomic mass is 9.87. The Kier molecular flexibility index (Phi) is 6.50. The smallest absolute Gasteiger partial charge is 0.126 e. The Morgan fingerprint density at radius 2 is 1.95 bits per heavy atom. The molecular formula is C17H28FN. The van der Waals surface area contributed by atoms with Crippen LogP contribution in [0.25, 0.3) is 0 Å². The van der Waals surface area contributed by atoms with Gasteiger partial charge >= 0.3 is 0 Å². The molecule has 0 unspecified atom stereocenters. The Morgan fingerprint density at radius 3 is 2.58 bits per heavy atom. The van der Waals surface area contributed by atoms with E-state index >= 15 is 0 Å². The van der Waals surface area contributed by atoms with Crippen LogP contribution in [0.5, 0.6) is 0 Å². The summed E-state index contributed by atoms with van der Waals surface area (Å²) in [6.45, 7) is 10.5. The van der Waals surface area contributed by atoms with Crippen molar-refractivity contribution in [2.75, 3.05) is 6.54 Å². The predicted molar refractivity (Wildman–Crippen MR) is 80.8 cm³/mol. The Morgan fingerprint density at radius 1 is 1.21 bits per heavy atom. The summed E-state index contributed by atoms with van der Waals surface area (Å²) in [6, 6.07) is 5.34. The van der Waals surface area contributed by atoms with Gasteiger partial charge in [0.15, 0.2) is 0 Å². The lowest BCUT2D eigenvalue weighted by molar-refractivity contribution is 0.302. The van der Waals surface area contributed by atoms with Gasteiger partial charge in [-0.3, -0.25) is 0 Å². The monoisotopic (exact) mass is 265 g/mol. The first-order valence-electron chi connectivity index (χ1n) is 7.40. The third-order valence-electron chi connectivity index (χ3n) is 3.61. The number of nitrogens with one attached hydrogen (secondary N) is 1. The fraction of sp³-hybridized carbons (Fsp3) is 0.647. The molecule has 0 aliphatic heterocycles. The molecule has 19 heavy (non-hydrogen) atoms. The number of unbranched alkanes of at least 4 members (excludes halogenated alkanes) is 2. The summed E-state index contributed by atoms with van der Waals surface area (Å²) in [6.07, 6.45) is 5.16. The lowest BCUT2D eigenvalue weighted by Gasteiger charge is -2.25. The first-order valence-corrected chi connectivity index (χ1v) is 7.40. The van der Waals surface area contributed by atoms with E-state index in [0.29, 0.717) is 5.41 Å². The van der Waals surface area contributed by atoms with E-state index < -0.39 is 0 Å². The van der Waals surface area contributed by atoms with Crippen LogP contribution in [-0.4, -0.2) is 6.54 Å². The van der Waals surface area contributed by atoms with Crippen LogP contribution in [0.4, 0.5) is 4.39 Å². The summed E-state index contributed by atoms with van der Waals surface area (Å²) >= 11 is 0. The third kappa shape index (κ3) is 6.20. The minimum atomic E-state index is -0.122. The van der Waals surface area contributed by atoms with Crippen LogP contribution >= 0.6 is 0 Å². The van der Waals surface area contributed by atoms with E-state index in [9.17, 15) is 4.39 Å². The van der Waals surface area contributed by atoms with Gasteiger partial charge in [-0.25, -0.2) is 4.39 Å². The van der Waals surface area contributed by atoms with Crippen LogP contribution in [0.15, 0.2) is 18.2 Å². The molecule has 1 aromatic rings. The van der Waals surface area contributed by atoms with Gasteiger partial charge in [-0.2, -0.15) is 0 Å². The zero-order valence-corrected chi connectivity index (χ0v) is 12.9. The van der Waals surface area contributed by atoms with E-state index in [1.54, 1.807) is 6.07 Å². The highest BCUT2D eigenvalue weighted by atomic mass is 19.1. The molecule has 0 saturated carbocycles. The molecule has 0 aliphatic carbocycles. The van der Waals surface area contributed by atoms with E-state index in [1.165, 1.54) is 25.7 Å². The van der Waals surface area contributed by atoms with Gasteiger partial charge in [0, 0.05) is 13.1 Å². The fourth-order valence-electron chi connectivity index (χ4n) is 2.30. The van der Waals surface area contributed by atoms with Crippen molar-refractivity contribution in [3.8, 4) is 0 Å². The molecule has 0 atom stereocenters. The van der Waals surface area contributed by atoms with Crippen molar-refractivity contribution in [1.82, 2.24) is 5.32 Å². The zero-order valence-electron chi connectivity index (χ0n) is 12.9. The normalized spacial score (nSPS) is 11.8. The molecule has 0 bridgehead atoms. The van der Waals surface area contributed by atoms with Gasteiger partial charge in [0.1, 0.15) is 5.82 Å². The second-order valence-electron chi connectivity index (χ2n) is 6.31. The Hall–Kier alpha value is -0.890. The molecule has 1 N–H and O–H groups in total. The van der Waals surface area contributed by atoms with Crippen LogP contribution in [0.2, 0.25) is 0 Å². The van der Waals surface area contributed by atoms with E-state index in [0.717, 1.165) is 24.2 Å². The third-order valence-corrected chi connectivity index (χ3v) is 3.61. The van der Waals surface area contributed by atoms with Crippen molar-refractivity contribution in [3.05, 3.63) is 35.1 Å². The Bertz CT molecular complexity index is 385. The van der Waals surface area contributed by atoms with Crippen molar-refractivity contribution in [2.45, 2.75) is 59.9 Å². The quantitative estimate of drug-likeness (QED) is 0.664. The first kappa shape index (κ1) is 16.2. The average Bonchev–Trinajstić information content (AvgIpc) is 2.34. The second kappa shape index (κ2) is 7.64. The van der Waals surface area contributed by atoms with Crippen LogP contribution in [0.1, 0.15) is 57.6 Å². The van der Waals surface area contributed by atoms with Crippen molar-refractivity contribution in [1.29, 1.82) is 0 Å². The molecule has 0 aliphatic rings. The predicted octanol–water partition coefficient (Wildman–Crippen LogP) is 4.83. The van der Waals surface area contributed by atoms with Gasteiger partial charge in [-0.05, 0) is 36.0 Å². The van der Waals surface area contributed by atoms with Gasteiger partial charge in [0.25, 0.3) is 0 Å². The highest BCUT2D eigenvalue weighted by Crippen LogP contribution is 2.22. The maximum Gasteiger partial charge on any atom is 0.126 e. The average molecular weight is 265 g/mol. The summed E-state index contributed by atoms with van der Waals surface area (Å²) in [5.74, 6) is -0.122.